The van der Waals surface area contributed by atoms with Crippen LogP contribution < -0.4 is 16.0 Å². The summed E-state index contributed by atoms with van der Waals surface area (Å²) in [6.45, 7) is 22.3. The molecule has 1 spiro atoms. The average molecular weight is 664 g/mol. The van der Waals surface area contributed by atoms with E-state index in [0.717, 1.165) is 70.4 Å². The van der Waals surface area contributed by atoms with Gasteiger partial charge in [0, 0.05) is 24.7 Å². The number of allylic oxidation sites excluding steroid dienone is 7. The first-order chi connectivity index (χ1) is 23.6. The number of likely N-dealkylation sites (tertiary alicyclic amines) is 1. The Kier molecular flexibility index (Phi) is 14.6. The number of rotatable bonds is 12. The number of hydrogen-bond acceptors (Lipinski definition) is 5. The van der Waals surface area contributed by atoms with Crippen molar-refractivity contribution in [3.8, 4) is 6.07 Å². The van der Waals surface area contributed by atoms with Gasteiger partial charge in [-0.25, -0.2) is 0 Å². The molecule has 0 unspecified atom stereocenters. The smallest absolute Gasteiger partial charge is 0.253 e. The number of piperidine rings is 1. The Balaban J connectivity index is 0.00000319. The molecule has 2 aromatic rings. The quantitative estimate of drug-likeness (QED) is 0.197. The van der Waals surface area contributed by atoms with Crippen molar-refractivity contribution in [3.05, 3.63) is 100 Å². The molecule has 2 heterocycles. The zero-order chi connectivity index (χ0) is 36.1. The van der Waals surface area contributed by atoms with Gasteiger partial charge in [-0.3, -0.25) is 14.9 Å². The van der Waals surface area contributed by atoms with Crippen LogP contribution in [0.15, 0.2) is 72.4 Å². The molecule has 2 aliphatic heterocycles. The summed E-state index contributed by atoms with van der Waals surface area (Å²) in [6, 6.07) is 14.8. The summed E-state index contributed by atoms with van der Waals surface area (Å²) in [5, 5.41) is 19.8. The second-order valence-corrected chi connectivity index (χ2v) is 13.0. The number of anilines is 1. The van der Waals surface area contributed by atoms with E-state index in [4.69, 9.17) is 0 Å². The molecule has 2 amide bonds. The summed E-state index contributed by atoms with van der Waals surface area (Å²) < 4.78 is 0. The standard InChI is InChI=1S/C40H51N5O2.C2H6/c1-8-11-34(12-9-2)44-37-17-15-31(24-33(37)25-41)36(13-10-3)30(7)27(4)22-28(5)35-16-14-32(23-29(35)6)38(46)45-20-18-40(19-21-45)39(47)42-26-43-40;1-2/h10,13-17,22-24,34,43-44H,3,8-9,11-12,18-21,26H2,1-2,4-7H3,(H,42,47);1-2H3/b28-22+,30-27+,36-13+;. The first-order valence-electron chi connectivity index (χ1n) is 18.0. The molecule has 49 heavy (non-hydrogen) atoms. The molecule has 262 valence electrons. The number of carbonyl (C=O) groups excluding carboxylic acids is 2. The van der Waals surface area contributed by atoms with Gasteiger partial charge in [0.05, 0.1) is 17.9 Å². The molecule has 0 saturated carbocycles. The number of aryl methyl sites for hydroxylation is 1. The maximum atomic E-state index is 13.4. The maximum absolute atomic E-state index is 13.4. The molecule has 0 bridgehead atoms. The van der Waals surface area contributed by atoms with E-state index in [1.165, 1.54) is 0 Å². The second-order valence-electron chi connectivity index (χ2n) is 13.0. The van der Waals surface area contributed by atoms with Crippen LogP contribution in [0.1, 0.15) is 120 Å². The molecule has 2 fully saturated rings. The zero-order valence-corrected chi connectivity index (χ0v) is 31.1. The van der Waals surface area contributed by atoms with E-state index in [-0.39, 0.29) is 11.8 Å². The van der Waals surface area contributed by atoms with Crippen molar-refractivity contribution in [2.24, 2.45) is 0 Å². The number of carbonyl (C=O) groups is 2. The van der Waals surface area contributed by atoms with Crippen molar-refractivity contribution in [1.29, 1.82) is 5.26 Å². The molecule has 2 saturated heterocycles. The minimum atomic E-state index is -0.534. The number of amides is 2. The predicted octanol–water partition coefficient (Wildman–Crippen LogP) is 8.93. The highest BCUT2D eigenvalue weighted by Gasteiger charge is 2.45. The molecule has 0 radical (unpaired) electrons. The fourth-order valence-electron chi connectivity index (χ4n) is 6.87. The van der Waals surface area contributed by atoms with Crippen LogP contribution >= 0.6 is 0 Å². The van der Waals surface area contributed by atoms with Gasteiger partial charge in [0.2, 0.25) is 5.91 Å². The van der Waals surface area contributed by atoms with Crippen LogP contribution in [0.2, 0.25) is 0 Å². The van der Waals surface area contributed by atoms with Crippen molar-refractivity contribution in [3.63, 3.8) is 0 Å². The minimum Gasteiger partial charge on any atom is -0.381 e. The van der Waals surface area contributed by atoms with Crippen molar-refractivity contribution >= 4 is 28.6 Å². The fraction of sp³-hybridized carbons (Fsp3) is 0.452. The minimum absolute atomic E-state index is 0.00451. The van der Waals surface area contributed by atoms with Crippen molar-refractivity contribution in [1.82, 2.24) is 15.5 Å². The summed E-state index contributed by atoms with van der Waals surface area (Å²) in [5.74, 6) is 0.0454. The van der Waals surface area contributed by atoms with E-state index < -0.39 is 5.54 Å². The summed E-state index contributed by atoms with van der Waals surface area (Å²) in [5.41, 5.74) is 9.08. The zero-order valence-electron chi connectivity index (χ0n) is 31.1. The third kappa shape index (κ3) is 9.39. The van der Waals surface area contributed by atoms with Crippen LogP contribution in [-0.4, -0.2) is 48.1 Å². The number of nitrogens with zero attached hydrogens (tertiary/aromatic N) is 2. The van der Waals surface area contributed by atoms with E-state index in [9.17, 15) is 14.9 Å². The molecule has 7 nitrogen and oxygen atoms in total. The molecule has 7 heteroatoms. The second kappa shape index (κ2) is 18.4. The van der Waals surface area contributed by atoms with Crippen molar-refractivity contribution in [2.45, 2.75) is 105 Å². The Bertz CT molecular complexity index is 1630. The van der Waals surface area contributed by atoms with E-state index >= 15 is 0 Å². The molecule has 4 rings (SSSR count). The fourth-order valence-corrected chi connectivity index (χ4v) is 6.87. The van der Waals surface area contributed by atoms with Gasteiger partial charge in [-0.2, -0.15) is 5.26 Å². The number of nitriles is 1. The molecular weight excluding hydrogens is 606 g/mol. The molecule has 3 N–H and O–H groups in total. The SMILES string of the molecule is C=C\C=C(/C(C)=C(C)/C=C(\C)c1ccc(C(=O)N2CCC3(CC2)NCNC3=O)cc1C)c1ccc(NC(CCC)CCC)c(C#N)c1.CC. The molecule has 2 aromatic carbocycles. The van der Waals surface area contributed by atoms with Gasteiger partial charge >= 0.3 is 0 Å². The van der Waals surface area contributed by atoms with Crippen LogP contribution in [-0.2, 0) is 4.79 Å². The monoisotopic (exact) mass is 663 g/mol. The third-order valence-electron chi connectivity index (χ3n) is 9.71. The van der Waals surface area contributed by atoms with Crippen LogP contribution in [0, 0.1) is 18.3 Å². The number of hydrogen-bond donors (Lipinski definition) is 3. The largest absolute Gasteiger partial charge is 0.381 e. The summed E-state index contributed by atoms with van der Waals surface area (Å²) in [4.78, 5) is 27.5. The lowest BCUT2D eigenvalue weighted by molar-refractivity contribution is -0.125. The van der Waals surface area contributed by atoms with Crippen LogP contribution in [0.25, 0.3) is 11.1 Å². The van der Waals surface area contributed by atoms with Gasteiger partial charge in [0.15, 0.2) is 0 Å². The summed E-state index contributed by atoms with van der Waals surface area (Å²) in [7, 11) is 0. The topological polar surface area (TPSA) is 97.3 Å². The lowest BCUT2D eigenvalue weighted by Crippen LogP contribution is -2.55. The average Bonchev–Trinajstić information content (AvgIpc) is 3.46. The Labute approximate surface area is 295 Å². The van der Waals surface area contributed by atoms with Crippen molar-refractivity contribution < 1.29 is 9.59 Å². The Hall–Kier alpha value is -4.41. The normalized spacial score (nSPS) is 16.4. The van der Waals surface area contributed by atoms with Gasteiger partial charge in [0.25, 0.3) is 5.91 Å². The Morgan fingerprint density at radius 2 is 1.71 bits per heavy atom. The number of nitrogens with one attached hydrogen (secondary N) is 3. The number of benzene rings is 2. The molecular formula is C42H57N5O2. The molecule has 0 aliphatic carbocycles. The highest BCUT2D eigenvalue weighted by Crippen LogP contribution is 2.32. The Morgan fingerprint density at radius 3 is 2.27 bits per heavy atom. The van der Waals surface area contributed by atoms with Gasteiger partial charge in [-0.15, -0.1) is 0 Å². The van der Waals surface area contributed by atoms with Gasteiger partial charge in [-0.05, 0) is 117 Å². The van der Waals surface area contributed by atoms with E-state index in [2.05, 4.69) is 75.4 Å². The first-order valence-corrected chi connectivity index (χ1v) is 18.0. The highest BCUT2D eigenvalue weighted by atomic mass is 16.2. The Morgan fingerprint density at radius 1 is 1.06 bits per heavy atom. The van der Waals surface area contributed by atoms with E-state index in [0.29, 0.717) is 49.8 Å². The third-order valence-corrected chi connectivity index (χ3v) is 9.71. The summed E-state index contributed by atoms with van der Waals surface area (Å²) in [6.07, 6.45) is 11.6. The summed E-state index contributed by atoms with van der Waals surface area (Å²) >= 11 is 0. The van der Waals surface area contributed by atoms with Gasteiger partial charge in [0.1, 0.15) is 11.6 Å². The lowest BCUT2D eigenvalue weighted by Gasteiger charge is -2.37. The van der Waals surface area contributed by atoms with Crippen LogP contribution in [0.3, 0.4) is 0 Å². The van der Waals surface area contributed by atoms with Crippen LogP contribution in [0.5, 0.6) is 0 Å². The molecule has 0 aromatic heterocycles. The van der Waals surface area contributed by atoms with Crippen molar-refractivity contribution in [2.75, 3.05) is 25.1 Å². The maximum Gasteiger partial charge on any atom is 0.253 e. The molecule has 2 aliphatic rings. The van der Waals surface area contributed by atoms with E-state index in [1.807, 2.05) is 62.1 Å². The lowest BCUT2D eigenvalue weighted by atomic mass is 9.87. The van der Waals surface area contributed by atoms with Gasteiger partial charge in [-0.1, -0.05) is 77.5 Å². The van der Waals surface area contributed by atoms with Crippen LogP contribution in [0.4, 0.5) is 5.69 Å². The molecule has 0 atom stereocenters. The predicted molar refractivity (Wildman–Crippen MR) is 205 cm³/mol. The van der Waals surface area contributed by atoms with Gasteiger partial charge < -0.3 is 15.5 Å². The highest BCUT2D eigenvalue weighted by molar-refractivity contribution is 5.96. The first kappa shape index (κ1) is 39.0. The van der Waals surface area contributed by atoms with E-state index in [1.54, 1.807) is 6.08 Å².